The Morgan fingerprint density at radius 2 is 2.07 bits per heavy atom. The van der Waals surface area contributed by atoms with Crippen molar-refractivity contribution in [2.75, 3.05) is 20.2 Å². The average molecular weight is 476 g/mol. The second kappa shape index (κ2) is 9.47. The fourth-order valence-electron chi connectivity index (χ4n) is 3.89. The van der Waals surface area contributed by atoms with Crippen molar-refractivity contribution >= 4 is 33.7 Å². The summed E-state index contributed by atoms with van der Waals surface area (Å²) in [5.41, 5.74) is 2.95. The Morgan fingerprint density at radius 1 is 1.30 bits per heavy atom. The van der Waals surface area contributed by atoms with Crippen LogP contribution in [0.3, 0.4) is 0 Å². The summed E-state index contributed by atoms with van der Waals surface area (Å²) in [6, 6.07) is 7.78. The maximum Gasteiger partial charge on any atom is 0.339 e. The van der Waals surface area contributed by atoms with Gasteiger partial charge in [-0.1, -0.05) is 28.1 Å². The second-order valence-electron chi connectivity index (χ2n) is 7.55. The molecule has 1 aromatic carbocycles. The summed E-state index contributed by atoms with van der Waals surface area (Å²) < 4.78 is 5.78. The zero-order valence-electron chi connectivity index (χ0n) is 17.4. The van der Waals surface area contributed by atoms with E-state index in [1.807, 2.05) is 24.3 Å². The topological polar surface area (TPSA) is 91.5 Å². The number of ether oxygens (including phenoxy) is 1. The quantitative estimate of drug-likeness (QED) is 0.648. The molecule has 0 unspecified atom stereocenters. The van der Waals surface area contributed by atoms with Crippen LogP contribution in [0.5, 0.6) is 0 Å². The van der Waals surface area contributed by atoms with Gasteiger partial charge in [0.05, 0.1) is 18.6 Å². The molecule has 1 saturated heterocycles. The fraction of sp³-hybridized carbons (Fsp3) is 0.409. The number of likely N-dealkylation sites (tertiary alicyclic amines) is 1. The van der Waals surface area contributed by atoms with E-state index in [0.29, 0.717) is 42.1 Å². The second-order valence-corrected chi connectivity index (χ2v) is 8.47. The Hall–Kier alpha value is -2.61. The summed E-state index contributed by atoms with van der Waals surface area (Å²) in [7, 11) is 1.32. The van der Waals surface area contributed by atoms with Gasteiger partial charge in [0.1, 0.15) is 5.69 Å². The molecular weight excluding hydrogens is 450 g/mol. The molecule has 1 aliphatic rings. The van der Waals surface area contributed by atoms with Crippen molar-refractivity contribution in [1.29, 1.82) is 0 Å². The third-order valence-corrected chi connectivity index (χ3v) is 5.97. The van der Waals surface area contributed by atoms with Gasteiger partial charge in [0, 0.05) is 29.8 Å². The molecule has 0 aliphatic carbocycles. The minimum absolute atomic E-state index is 0.0536. The highest BCUT2D eigenvalue weighted by Gasteiger charge is 2.31. The van der Waals surface area contributed by atoms with Crippen LogP contribution in [0, 0.1) is 19.8 Å². The number of aromatic nitrogens is 1. The van der Waals surface area contributed by atoms with Crippen molar-refractivity contribution in [3.63, 3.8) is 0 Å². The highest BCUT2D eigenvalue weighted by atomic mass is 79.9. The molecule has 0 saturated carbocycles. The summed E-state index contributed by atoms with van der Waals surface area (Å²) >= 11 is 3.43. The molecule has 2 amide bonds. The predicted octanol–water partition coefficient (Wildman–Crippen LogP) is 3.35. The van der Waals surface area contributed by atoms with Gasteiger partial charge >= 0.3 is 5.97 Å². The number of methoxy groups -OCH3 is 1. The number of nitrogens with zero attached hydrogens (tertiary/aromatic N) is 1. The number of hydrogen-bond donors (Lipinski definition) is 2. The SMILES string of the molecule is COC(=O)c1c(C)[nH]c(C(=O)N2CCC[C@H](C(=O)NCc3cccc(Br)c3)C2)c1C. The Bertz CT molecular complexity index is 969. The van der Waals surface area contributed by atoms with Crippen molar-refractivity contribution in [2.24, 2.45) is 5.92 Å². The van der Waals surface area contributed by atoms with Gasteiger partial charge in [0.2, 0.25) is 5.91 Å². The van der Waals surface area contributed by atoms with Gasteiger partial charge in [-0.15, -0.1) is 0 Å². The summed E-state index contributed by atoms with van der Waals surface area (Å²) in [5, 5.41) is 2.98. The minimum Gasteiger partial charge on any atom is -0.465 e. The number of carbonyl (C=O) groups is 3. The number of H-pyrrole nitrogens is 1. The maximum atomic E-state index is 13.1. The average Bonchev–Trinajstić information content (AvgIpc) is 3.05. The van der Waals surface area contributed by atoms with E-state index in [0.717, 1.165) is 22.9 Å². The van der Waals surface area contributed by atoms with Gasteiger partial charge < -0.3 is 19.9 Å². The third kappa shape index (κ3) is 4.75. The molecule has 7 nitrogen and oxygen atoms in total. The largest absolute Gasteiger partial charge is 0.465 e. The van der Waals surface area contributed by atoms with Crippen molar-refractivity contribution < 1.29 is 19.1 Å². The number of amides is 2. The summed E-state index contributed by atoms with van der Waals surface area (Å²) in [6.45, 7) is 4.85. The summed E-state index contributed by atoms with van der Waals surface area (Å²) in [4.78, 5) is 42.5. The number of halogens is 1. The first kappa shape index (κ1) is 22.1. The van der Waals surface area contributed by atoms with E-state index < -0.39 is 5.97 Å². The third-order valence-electron chi connectivity index (χ3n) is 5.48. The van der Waals surface area contributed by atoms with Crippen LogP contribution < -0.4 is 5.32 Å². The fourth-order valence-corrected chi connectivity index (χ4v) is 4.33. The van der Waals surface area contributed by atoms with E-state index in [2.05, 4.69) is 26.2 Å². The molecular formula is C22H26BrN3O4. The Balaban J connectivity index is 1.66. The van der Waals surface area contributed by atoms with Crippen LogP contribution in [0.1, 0.15) is 50.5 Å². The van der Waals surface area contributed by atoms with Crippen molar-refractivity contribution in [1.82, 2.24) is 15.2 Å². The molecule has 0 spiro atoms. The first-order chi connectivity index (χ1) is 14.3. The van der Waals surface area contributed by atoms with Crippen LogP contribution in [0.25, 0.3) is 0 Å². The lowest BCUT2D eigenvalue weighted by molar-refractivity contribution is -0.126. The first-order valence-electron chi connectivity index (χ1n) is 9.90. The van der Waals surface area contributed by atoms with E-state index in [9.17, 15) is 14.4 Å². The number of benzene rings is 1. The van der Waals surface area contributed by atoms with Gasteiger partial charge in [-0.05, 0) is 49.9 Å². The normalized spacial score (nSPS) is 16.3. The molecule has 2 N–H and O–H groups in total. The van der Waals surface area contributed by atoms with E-state index in [-0.39, 0.29) is 17.7 Å². The highest BCUT2D eigenvalue weighted by Crippen LogP contribution is 2.24. The summed E-state index contributed by atoms with van der Waals surface area (Å²) in [5.74, 6) is -0.979. The highest BCUT2D eigenvalue weighted by molar-refractivity contribution is 9.10. The molecule has 160 valence electrons. The number of rotatable bonds is 5. The lowest BCUT2D eigenvalue weighted by atomic mass is 9.96. The van der Waals surface area contributed by atoms with Crippen molar-refractivity contribution in [3.8, 4) is 0 Å². The van der Waals surface area contributed by atoms with E-state index in [1.165, 1.54) is 7.11 Å². The van der Waals surface area contributed by atoms with Crippen LogP contribution in [-0.4, -0.2) is 47.9 Å². The number of nitrogens with one attached hydrogen (secondary N) is 2. The molecule has 1 aliphatic heterocycles. The van der Waals surface area contributed by atoms with Gasteiger partial charge in [-0.2, -0.15) is 0 Å². The maximum absolute atomic E-state index is 13.1. The molecule has 0 radical (unpaired) electrons. The molecule has 2 aromatic rings. The van der Waals surface area contributed by atoms with Crippen LogP contribution in [0.15, 0.2) is 28.7 Å². The molecule has 1 aromatic heterocycles. The monoisotopic (exact) mass is 475 g/mol. The number of carbonyl (C=O) groups excluding carboxylic acids is 3. The zero-order valence-corrected chi connectivity index (χ0v) is 19.0. The first-order valence-corrected chi connectivity index (χ1v) is 10.7. The molecule has 1 atom stereocenters. The Labute approximate surface area is 184 Å². The number of hydrogen-bond acceptors (Lipinski definition) is 4. The molecule has 3 rings (SSSR count). The molecule has 8 heteroatoms. The van der Waals surface area contributed by atoms with Gasteiger partial charge in [-0.25, -0.2) is 4.79 Å². The lowest BCUT2D eigenvalue weighted by Crippen LogP contribution is -2.45. The van der Waals surface area contributed by atoms with Gasteiger partial charge in [-0.3, -0.25) is 9.59 Å². The van der Waals surface area contributed by atoms with E-state index in [1.54, 1.807) is 18.7 Å². The molecule has 2 heterocycles. The summed E-state index contributed by atoms with van der Waals surface area (Å²) in [6.07, 6.45) is 1.49. The van der Waals surface area contributed by atoms with Crippen LogP contribution >= 0.6 is 15.9 Å². The number of esters is 1. The zero-order chi connectivity index (χ0) is 21.8. The molecule has 30 heavy (non-hydrogen) atoms. The predicted molar refractivity (Wildman–Crippen MR) is 116 cm³/mol. The van der Waals surface area contributed by atoms with Gasteiger partial charge in [0.15, 0.2) is 0 Å². The molecule has 1 fully saturated rings. The Kier molecular flexibility index (Phi) is 6.97. The van der Waals surface area contributed by atoms with E-state index in [4.69, 9.17) is 4.74 Å². The van der Waals surface area contributed by atoms with Crippen LogP contribution in [0.4, 0.5) is 0 Å². The van der Waals surface area contributed by atoms with E-state index >= 15 is 0 Å². The standard InChI is InChI=1S/C22H26BrN3O4/c1-13-18(22(29)30-3)14(2)25-19(13)21(28)26-9-5-7-16(12-26)20(27)24-11-15-6-4-8-17(23)10-15/h4,6,8,10,16,25H,5,7,9,11-12H2,1-3H3,(H,24,27)/t16-/m0/s1. The smallest absolute Gasteiger partial charge is 0.339 e. The van der Waals surface area contributed by atoms with Gasteiger partial charge in [0.25, 0.3) is 5.91 Å². The number of aryl methyl sites for hydroxylation is 1. The van der Waals surface area contributed by atoms with Crippen LogP contribution in [0.2, 0.25) is 0 Å². The Morgan fingerprint density at radius 3 is 2.77 bits per heavy atom. The number of aromatic amines is 1. The minimum atomic E-state index is -0.469. The van der Waals surface area contributed by atoms with Crippen LogP contribution in [-0.2, 0) is 16.1 Å². The van der Waals surface area contributed by atoms with Crippen molar-refractivity contribution in [3.05, 3.63) is 56.8 Å². The number of piperidine rings is 1. The molecule has 0 bridgehead atoms. The lowest BCUT2D eigenvalue weighted by Gasteiger charge is -2.32. The van der Waals surface area contributed by atoms with Crippen molar-refractivity contribution in [2.45, 2.75) is 33.2 Å².